The number of benzene rings is 1. The first-order chi connectivity index (χ1) is 11.4. The molecule has 0 atom stereocenters. The third-order valence-electron chi connectivity index (χ3n) is 2.96. The van der Waals surface area contributed by atoms with Crippen molar-refractivity contribution in [3.63, 3.8) is 0 Å². The van der Waals surface area contributed by atoms with Crippen LogP contribution in [-0.2, 0) is 11.0 Å². The Kier molecular flexibility index (Phi) is 6.08. The van der Waals surface area contributed by atoms with Gasteiger partial charge in [0.05, 0.1) is 29.0 Å². The van der Waals surface area contributed by atoms with Crippen molar-refractivity contribution in [3.8, 4) is 0 Å². The molecule has 24 heavy (non-hydrogen) atoms. The molecule has 0 aliphatic rings. The molecule has 4 nitrogen and oxygen atoms in total. The van der Waals surface area contributed by atoms with Crippen molar-refractivity contribution in [1.29, 1.82) is 0 Å². The minimum Gasteiger partial charge on any atom is -0.376 e. The number of thioether (sulfide) groups is 1. The summed E-state index contributed by atoms with van der Waals surface area (Å²) in [6.45, 7) is 1.87. The highest BCUT2D eigenvalue weighted by Crippen LogP contribution is 2.30. The van der Waals surface area contributed by atoms with E-state index in [1.54, 1.807) is 30.1 Å². The number of pyridine rings is 1. The Balaban J connectivity index is 1.89. The molecule has 0 fully saturated rings. The summed E-state index contributed by atoms with van der Waals surface area (Å²) in [6.07, 6.45) is -2.87. The molecule has 8 heteroatoms. The zero-order valence-corrected chi connectivity index (χ0v) is 13.7. The Morgan fingerprint density at radius 1 is 1.21 bits per heavy atom. The van der Waals surface area contributed by atoms with Crippen LogP contribution in [0, 0.1) is 0 Å². The minimum absolute atomic E-state index is 0.146. The fourth-order valence-electron chi connectivity index (χ4n) is 1.88. The second kappa shape index (κ2) is 8.05. The van der Waals surface area contributed by atoms with Crippen LogP contribution < -0.4 is 10.6 Å². The van der Waals surface area contributed by atoms with E-state index in [4.69, 9.17) is 0 Å². The molecule has 0 saturated heterocycles. The van der Waals surface area contributed by atoms with Crippen molar-refractivity contribution in [1.82, 2.24) is 4.98 Å². The number of alkyl halides is 3. The standard InChI is InChI=1S/C16H16F3N3OS/c1-2-24-15-7-6-13(9-21-15)22-14(23)10-20-12-5-3-4-11(8-12)16(17,18)19/h3-9,20H,2,10H2,1H3,(H,22,23). The van der Waals surface area contributed by atoms with Gasteiger partial charge in [0.2, 0.25) is 5.91 Å². The molecule has 0 bridgehead atoms. The molecule has 1 heterocycles. The highest BCUT2D eigenvalue weighted by Gasteiger charge is 2.30. The summed E-state index contributed by atoms with van der Waals surface area (Å²) in [5.41, 5.74) is 0.000195. The Morgan fingerprint density at radius 2 is 2.00 bits per heavy atom. The van der Waals surface area contributed by atoms with Crippen molar-refractivity contribution in [2.45, 2.75) is 18.1 Å². The molecule has 2 N–H and O–H groups in total. The number of rotatable bonds is 6. The lowest BCUT2D eigenvalue weighted by Gasteiger charge is -2.11. The van der Waals surface area contributed by atoms with Crippen LogP contribution in [0.1, 0.15) is 12.5 Å². The largest absolute Gasteiger partial charge is 0.416 e. The van der Waals surface area contributed by atoms with Crippen molar-refractivity contribution in [2.75, 3.05) is 22.9 Å². The van der Waals surface area contributed by atoms with E-state index in [0.29, 0.717) is 5.69 Å². The molecule has 0 saturated carbocycles. The fourth-order valence-corrected chi connectivity index (χ4v) is 2.47. The average Bonchev–Trinajstić information content (AvgIpc) is 2.55. The Morgan fingerprint density at radius 3 is 2.62 bits per heavy atom. The first-order valence-corrected chi connectivity index (χ1v) is 8.17. The quantitative estimate of drug-likeness (QED) is 0.760. The summed E-state index contributed by atoms with van der Waals surface area (Å²) in [5.74, 6) is 0.532. The van der Waals surface area contributed by atoms with Gasteiger partial charge in [-0.1, -0.05) is 13.0 Å². The number of aromatic nitrogens is 1. The highest BCUT2D eigenvalue weighted by atomic mass is 32.2. The van der Waals surface area contributed by atoms with Gasteiger partial charge in [-0.15, -0.1) is 11.8 Å². The number of hydrogen-bond acceptors (Lipinski definition) is 4. The highest BCUT2D eigenvalue weighted by molar-refractivity contribution is 7.99. The number of nitrogens with zero attached hydrogens (tertiary/aromatic N) is 1. The van der Waals surface area contributed by atoms with E-state index in [0.717, 1.165) is 22.9 Å². The van der Waals surface area contributed by atoms with Gasteiger partial charge in [0.15, 0.2) is 0 Å². The smallest absolute Gasteiger partial charge is 0.376 e. The van der Waals surface area contributed by atoms with Gasteiger partial charge >= 0.3 is 6.18 Å². The van der Waals surface area contributed by atoms with Gasteiger partial charge in [0, 0.05) is 5.69 Å². The molecule has 1 aromatic carbocycles. The van der Waals surface area contributed by atoms with Gasteiger partial charge in [-0.3, -0.25) is 4.79 Å². The summed E-state index contributed by atoms with van der Waals surface area (Å²) in [7, 11) is 0. The third-order valence-corrected chi connectivity index (χ3v) is 3.78. The fraction of sp³-hybridized carbons (Fsp3) is 0.250. The van der Waals surface area contributed by atoms with E-state index >= 15 is 0 Å². The molecule has 1 amide bonds. The third kappa shape index (κ3) is 5.45. The van der Waals surface area contributed by atoms with Crippen molar-refractivity contribution >= 4 is 29.0 Å². The first kappa shape index (κ1) is 18.1. The van der Waals surface area contributed by atoms with Gasteiger partial charge in [-0.2, -0.15) is 13.2 Å². The molecule has 0 spiro atoms. The number of hydrogen-bond donors (Lipinski definition) is 2. The van der Waals surface area contributed by atoms with Crippen molar-refractivity contribution in [3.05, 3.63) is 48.2 Å². The van der Waals surface area contributed by atoms with E-state index in [-0.39, 0.29) is 18.1 Å². The maximum Gasteiger partial charge on any atom is 0.416 e. The lowest BCUT2D eigenvalue weighted by molar-refractivity contribution is -0.137. The maximum atomic E-state index is 12.6. The number of carbonyl (C=O) groups is 1. The molecular weight excluding hydrogens is 339 g/mol. The van der Waals surface area contributed by atoms with E-state index in [9.17, 15) is 18.0 Å². The molecule has 2 aromatic rings. The van der Waals surface area contributed by atoms with Crippen LogP contribution in [0.5, 0.6) is 0 Å². The predicted molar refractivity (Wildman–Crippen MR) is 89.2 cm³/mol. The van der Waals surface area contributed by atoms with E-state index in [1.807, 2.05) is 6.92 Å². The molecule has 0 unspecified atom stereocenters. The Labute approximate surface area is 141 Å². The molecule has 0 radical (unpaired) electrons. The lowest BCUT2D eigenvalue weighted by atomic mass is 10.2. The van der Waals surface area contributed by atoms with Crippen LogP contribution in [-0.4, -0.2) is 23.2 Å². The van der Waals surface area contributed by atoms with Gasteiger partial charge < -0.3 is 10.6 Å². The molecule has 1 aromatic heterocycles. The SMILES string of the molecule is CCSc1ccc(NC(=O)CNc2cccc(C(F)(F)F)c2)cn1. The van der Waals surface area contributed by atoms with Crippen LogP contribution in [0.15, 0.2) is 47.6 Å². The van der Waals surface area contributed by atoms with Crippen LogP contribution >= 0.6 is 11.8 Å². The lowest BCUT2D eigenvalue weighted by Crippen LogP contribution is -2.22. The van der Waals surface area contributed by atoms with Crippen LogP contribution in [0.25, 0.3) is 0 Å². The monoisotopic (exact) mass is 355 g/mol. The summed E-state index contributed by atoms with van der Waals surface area (Å²) in [6, 6.07) is 8.23. The Hall–Kier alpha value is -2.22. The van der Waals surface area contributed by atoms with E-state index in [2.05, 4.69) is 15.6 Å². The van der Waals surface area contributed by atoms with Gasteiger partial charge in [-0.25, -0.2) is 4.98 Å². The van der Waals surface area contributed by atoms with Crippen LogP contribution in [0.2, 0.25) is 0 Å². The topological polar surface area (TPSA) is 54.0 Å². The molecule has 0 aliphatic carbocycles. The summed E-state index contributed by atoms with van der Waals surface area (Å²) in [4.78, 5) is 16.0. The van der Waals surface area contributed by atoms with Crippen molar-refractivity contribution < 1.29 is 18.0 Å². The summed E-state index contributed by atoms with van der Waals surface area (Å²) < 4.78 is 37.9. The summed E-state index contributed by atoms with van der Waals surface area (Å²) >= 11 is 1.59. The Bertz CT molecular complexity index is 690. The van der Waals surface area contributed by atoms with E-state index in [1.165, 1.54) is 12.1 Å². The second-order valence-electron chi connectivity index (χ2n) is 4.80. The summed E-state index contributed by atoms with van der Waals surface area (Å²) in [5, 5.41) is 6.16. The van der Waals surface area contributed by atoms with Gasteiger partial charge in [-0.05, 0) is 36.1 Å². The first-order valence-electron chi connectivity index (χ1n) is 7.18. The molecule has 128 valence electrons. The molecule has 2 rings (SSSR count). The molecular formula is C16H16F3N3OS. The van der Waals surface area contributed by atoms with Crippen molar-refractivity contribution in [2.24, 2.45) is 0 Å². The number of carbonyl (C=O) groups excluding carboxylic acids is 1. The zero-order chi connectivity index (χ0) is 17.6. The maximum absolute atomic E-state index is 12.6. The number of amides is 1. The van der Waals surface area contributed by atoms with Gasteiger partial charge in [0.25, 0.3) is 0 Å². The number of halogens is 3. The predicted octanol–water partition coefficient (Wildman–Crippen LogP) is 4.26. The average molecular weight is 355 g/mol. The van der Waals surface area contributed by atoms with Gasteiger partial charge in [0.1, 0.15) is 0 Å². The number of anilines is 2. The number of nitrogens with one attached hydrogen (secondary N) is 2. The van der Waals surface area contributed by atoms with Crippen LogP contribution in [0.3, 0.4) is 0 Å². The second-order valence-corrected chi connectivity index (χ2v) is 6.08. The van der Waals surface area contributed by atoms with Crippen LogP contribution in [0.4, 0.5) is 24.5 Å². The zero-order valence-electron chi connectivity index (χ0n) is 12.9. The minimum atomic E-state index is -4.41. The normalized spacial score (nSPS) is 11.2. The molecule has 0 aliphatic heterocycles. The van der Waals surface area contributed by atoms with E-state index < -0.39 is 11.7 Å².